The molecule has 1 atom stereocenters. The Morgan fingerprint density at radius 2 is 1.79 bits per heavy atom. The number of carbonyl (C=O) groups excluding carboxylic acids is 1. The monoisotopic (exact) mass is 606 g/mol. The van der Waals surface area contributed by atoms with Gasteiger partial charge in [-0.2, -0.15) is 0 Å². The molecule has 0 aliphatic heterocycles. The minimum absolute atomic E-state index is 0.0158. The summed E-state index contributed by atoms with van der Waals surface area (Å²) in [6.07, 6.45) is 2.66. The van der Waals surface area contributed by atoms with E-state index in [0.717, 1.165) is 29.1 Å². The van der Waals surface area contributed by atoms with Crippen molar-refractivity contribution in [3.63, 3.8) is 0 Å². The van der Waals surface area contributed by atoms with Crippen molar-refractivity contribution < 1.29 is 13.2 Å². The molecule has 1 N–H and O–H groups in total. The van der Waals surface area contributed by atoms with Crippen molar-refractivity contribution in [3.05, 3.63) is 110 Å². The third-order valence-corrected chi connectivity index (χ3v) is 10.2. The zero-order valence-corrected chi connectivity index (χ0v) is 26.0. The number of aryl methyl sites for hydroxylation is 1. The molecule has 3 aromatic carbocycles. The van der Waals surface area contributed by atoms with Gasteiger partial charge in [0, 0.05) is 14.1 Å². The Kier molecular flexibility index (Phi) is 8.09. The van der Waals surface area contributed by atoms with Gasteiger partial charge in [-0.3, -0.25) is 18.6 Å². The maximum Gasteiger partial charge on any atom is 0.296 e. The van der Waals surface area contributed by atoms with Gasteiger partial charge in [-0.15, -0.1) is 0 Å². The molecule has 0 saturated carbocycles. The molecule has 1 aliphatic carbocycles. The topological polar surface area (TPSA) is 93.4 Å². The first-order valence-corrected chi connectivity index (χ1v) is 15.8. The normalized spacial score (nSPS) is 15.0. The van der Waals surface area contributed by atoms with Crippen molar-refractivity contribution in [3.8, 4) is 5.69 Å². The van der Waals surface area contributed by atoms with Gasteiger partial charge in [0.2, 0.25) is 0 Å². The lowest BCUT2D eigenvalue weighted by Gasteiger charge is -2.28. The molecule has 0 saturated heterocycles. The van der Waals surface area contributed by atoms with Gasteiger partial charge >= 0.3 is 0 Å². The highest BCUT2D eigenvalue weighted by molar-refractivity contribution is 7.92. The maximum absolute atomic E-state index is 13.8. The van der Waals surface area contributed by atoms with Crippen LogP contribution in [-0.4, -0.2) is 30.7 Å². The Morgan fingerprint density at radius 1 is 1.07 bits per heavy atom. The van der Waals surface area contributed by atoms with Crippen molar-refractivity contribution in [2.45, 2.75) is 56.9 Å². The van der Waals surface area contributed by atoms with E-state index in [1.165, 1.54) is 41.1 Å². The molecule has 0 bridgehead atoms. The minimum Gasteiger partial charge on any atom is -0.345 e. The summed E-state index contributed by atoms with van der Waals surface area (Å²) in [6, 6.07) is 19.3. The van der Waals surface area contributed by atoms with E-state index in [9.17, 15) is 18.0 Å². The number of anilines is 1. The van der Waals surface area contributed by atoms with Crippen LogP contribution in [0.2, 0.25) is 5.02 Å². The molecule has 0 fully saturated rings. The second-order valence-corrected chi connectivity index (χ2v) is 13.4. The zero-order valence-electron chi connectivity index (χ0n) is 24.4. The van der Waals surface area contributed by atoms with E-state index >= 15 is 0 Å². The number of nitrogens with zero attached hydrogens (tertiary/aromatic N) is 3. The smallest absolute Gasteiger partial charge is 0.296 e. The predicted octanol–water partition coefficient (Wildman–Crippen LogP) is 5.89. The van der Waals surface area contributed by atoms with Gasteiger partial charge in [0.25, 0.3) is 21.5 Å². The van der Waals surface area contributed by atoms with Crippen LogP contribution in [0.1, 0.15) is 71.4 Å². The summed E-state index contributed by atoms with van der Waals surface area (Å²) < 4.78 is 31.7. The van der Waals surface area contributed by atoms with E-state index in [1.807, 2.05) is 6.07 Å². The summed E-state index contributed by atoms with van der Waals surface area (Å²) in [7, 11) is -1.18. The van der Waals surface area contributed by atoms with Crippen LogP contribution in [0.15, 0.2) is 76.4 Å². The molecule has 1 amide bonds. The largest absolute Gasteiger partial charge is 0.345 e. The lowest BCUT2D eigenvalue weighted by Crippen LogP contribution is -2.33. The quantitative estimate of drug-likeness (QED) is 0.284. The zero-order chi connectivity index (χ0) is 30.3. The molecule has 10 heteroatoms. The van der Waals surface area contributed by atoms with Crippen molar-refractivity contribution in [2.24, 2.45) is 7.05 Å². The van der Waals surface area contributed by atoms with Gasteiger partial charge in [0.1, 0.15) is 5.69 Å². The van der Waals surface area contributed by atoms with Crippen LogP contribution in [-0.2, 0) is 23.5 Å². The van der Waals surface area contributed by atoms with E-state index < -0.39 is 21.5 Å². The highest BCUT2D eigenvalue weighted by Gasteiger charge is 2.30. The Morgan fingerprint density at radius 3 is 2.48 bits per heavy atom. The number of fused-ring (bicyclic) bond motifs is 1. The third-order valence-electron chi connectivity index (χ3n) is 8.14. The highest BCUT2D eigenvalue weighted by atomic mass is 35.5. The summed E-state index contributed by atoms with van der Waals surface area (Å²) in [5.74, 6) is -0.0956. The fraction of sp³-hybridized carbons (Fsp3) is 0.312. The number of sulfonamides is 1. The first kappa shape index (κ1) is 29.7. The fourth-order valence-corrected chi connectivity index (χ4v) is 7.07. The van der Waals surface area contributed by atoms with Crippen LogP contribution in [0, 0.1) is 6.92 Å². The van der Waals surface area contributed by atoms with Crippen molar-refractivity contribution in [1.29, 1.82) is 0 Å². The molecule has 220 valence electrons. The van der Waals surface area contributed by atoms with Gasteiger partial charge in [-0.1, -0.05) is 61.8 Å². The summed E-state index contributed by atoms with van der Waals surface area (Å²) in [5, 5.41) is 3.24. The maximum atomic E-state index is 13.8. The number of para-hydroxylation sites is 1. The van der Waals surface area contributed by atoms with Crippen LogP contribution in [0.5, 0.6) is 0 Å². The number of hydrogen-bond acceptors (Lipinski definition) is 4. The van der Waals surface area contributed by atoms with E-state index in [-0.39, 0.29) is 27.2 Å². The Bertz CT molecular complexity index is 1830. The predicted molar refractivity (Wildman–Crippen MR) is 166 cm³/mol. The number of nitrogens with one attached hydrogen (secondary N) is 1. The van der Waals surface area contributed by atoms with Crippen molar-refractivity contribution in [2.75, 3.05) is 11.4 Å². The molecule has 4 aromatic rings. The standard InChI is InChI=1S/C32H35ClN4O4S/c1-20(2)23-15-14-22-10-9-13-29(26(22)18-23)34-31(38)27-19-25(16-17-28(27)33)42(40,41)36(5)30-21(3)35(4)37(32(30)39)24-11-7-6-8-12-24/h6-8,11-12,14-20,29H,9-10,13H2,1-5H3,(H,34,38)/t29-/m0/s1. The molecule has 5 rings (SSSR count). The molecular weight excluding hydrogens is 572 g/mol. The van der Waals surface area contributed by atoms with Gasteiger partial charge in [0.15, 0.2) is 0 Å². The van der Waals surface area contributed by atoms with Gasteiger partial charge in [-0.05, 0) is 79.1 Å². The molecule has 8 nitrogen and oxygen atoms in total. The first-order chi connectivity index (χ1) is 19.9. The fourth-order valence-electron chi connectivity index (χ4n) is 5.60. The molecular formula is C32H35ClN4O4S. The number of halogens is 1. The second-order valence-electron chi connectivity index (χ2n) is 11.1. The Labute approximate surface area is 251 Å². The molecule has 42 heavy (non-hydrogen) atoms. The summed E-state index contributed by atoms with van der Waals surface area (Å²) in [6.45, 7) is 5.96. The SMILES string of the molecule is Cc1c(N(C)S(=O)(=O)c2ccc(Cl)c(C(=O)N[C@H]3CCCc4ccc(C(C)C)cc43)c2)c(=O)n(-c2ccccc2)n1C. The van der Waals surface area contributed by atoms with Crippen LogP contribution >= 0.6 is 11.6 Å². The summed E-state index contributed by atoms with van der Waals surface area (Å²) in [4.78, 5) is 26.9. The van der Waals surface area contributed by atoms with E-state index in [2.05, 4.69) is 37.4 Å². The van der Waals surface area contributed by atoms with E-state index in [0.29, 0.717) is 17.3 Å². The van der Waals surface area contributed by atoms with Crippen LogP contribution in [0.3, 0.4) is 0 Å². The van der Waals surface area contributed by atoms with Crippen LogP contribution in [0.4, 0.5) is 5.69 Å². The lowest BCUT2D eigenvalue weighted by atomic mass is 9.85. The molecule has 0 unspecified atom stereocenters. The van der Waals surface area contributed by atoms with Gasteiger partial charge in [-0.25, -0.2) is 13.1 Å². The molecule has 0 spiro atoms. The van der Waals surface area contributed by atoms with E-state index in [1.54, 1.807) is 42.9 Å². The number of hydrogen-bond donors (Lipinski definition) is 1. The number of amides is 1. The number of rotatable bonds is 7. The van der Waals surface area contributed by atoms with Gasteiger partial charge in [0.05, 0.1) is 32.9 Å². The molecule has 1 aromatic heterocycles. The Hall–Kier alpha value is -3.82. The minimum atomic E-state index is -4.22. The first-order valence-electron chi connectivity index (χ1n) is 14.0. The molecule has 0 radical (unpaired) electrons. The average Bonchev–Trinajstić information content (AvgIpc) is 3.19. The number of carbonyl (C=O) groups is 1. The number of aromatic nitrogens is 2. The Balaban J connectivity index is 1.47. The highest BCUT2D eigenvalue weighted by Crippen LogP contribution is 2.33. The molecule has 1 aliphatic rings. The van der Waals surface area contributed by atoms with Crippen molar-refractivity contribution in [1.82, 2.24) is 14.7 Å². The molecule has 1 heterocycles. The van der Waals surface area contributed by atoms with Crippen LogP contribution < -0.4 is 15.2 Å². The van der Waals surface area contributed by atoms with Gasteiger partial charge < -0.3 is 5.32 Å². The summed E-state index contributed by atoms with van der Waals surface area (Å²) in [5.41, 5.74) is 4.18. The van der Waals surface area contributed by atoms with Crippen LogP contribution in [0.25, 0.3) is 5.69 Å². The average molecular weight is 607 g/mol. The third kappa shape index (κ3) is 5.27. The van der Waals surface area contributed by atoms with Crippen molar-refractivity contribution >= 4 is 33.2 Å². The van der Waals surface area contributed by atoms with E-state index in [4.69, 9.17) is 11.6 Å². The summed E-state index contributed by atoms with van der Waals surface area (Å²) >= 11 is 6.44. The number of benzene rings is 3. The lowest BCUT2D eigenvalue weighted by molar-refractivity contribution is 0.0932. The second kappa shape index (κ2) is 11.5.